The molecule has 21 heavy (non-hydrogen) atoms. The van der Waals surface area contributed by atoms with E-state index in [1.54, 1.807) is 30.3 Å². The summed E-state index contributed by atoms with van der Waals surface area (Å²) in [7, 11) is 0. The van der Waals surface area contributed by atoms with Crippen LogP contribution in [0.1, 0.15) is 0 Å². The number of ether oxygens (including phenoxy) is 2. The zero-order chi connectivity index (χ0) is 15.1. The topological polar surface area (TPSA) is 30.5 Å². The fourth-order valence-electron chi connectivity index (χ4n) is 1.72. The number of halogens is 3. The molecular weight excluding hydrogens is 283 g/mol. The van der Waals surface area contributed by atoms with Gasteiger partial charge in [-0.05, 0) is 24.3 Å². The Hall–Kier alpha value is -2.37. The molecule has 0 saturated carbocycles. The lowest BCUT2D eigenvalue weighted by Gasteiger charge is -2.13. The van der Waals surface area contributed by atoms with Crippen molar-refractivity contribution in [3.8, 4) is 11.5 Å². The predicted octanol–water partition coefficient (Wildman–Crippen LogP) is 3.92. The van der Waals surface area contributed by atoms with Gasteiger partial charge in [-0.25, -0.2) is 4.39 Å². The molecular formula is C15H14F3NO2. The van der Waals surface area contributed by atoms with E-state index >= 15 is 0 Å². The summed E-state index contributed by atoms with van der Waals surface area (Å²) < 4.78 is 47.4. The van der Waals surface area contributed by atoms with Gasteiger partial charge in [0, 0.05) is 6.54 Å². The highest BCUT2D eigenvalue weighted by atomic mass is 19.3. The summed E-state index contributed by atoms with van der Waals surface area (Å²) in [5, 5.41) is 2.90. The summed E-state index contributed by atoms with van der Waals surface area (Å²) in [6.45, 7) is -2.38. The molecule has 2 aromatic rings. The Balaban J connectivity index is 1.85. The van der Waals surface area contributed by atoms with Crippen molar-refractivity contribution < 1.29 is 22.6 Å². The molecule has 0 aliphatic heterocycles. The van der Waals surface area contributed by atoms with Crippen LogP contribution in [0.3, 0.4) is 0 Å². The number of anilines is 1. The third-order valence-electron chi connectivity index (χ3n) is 2.61. The van der Waals surface area contributed by atoms with Crippen LogP contribution in [0, 0.1) is 5.82 Å². The molecule has 0 bridgehead atoms. The monoisotopic (exact) mass is 297 g/mol. The fraction of sp³-hybridized carbons (Fsp3) is 0.200. The number of rotatable bonds is 7. The van der Waals surface area contributed by atoms with Gasteiger partial charge in [0.1, 0.15) is 12.4 Å². The highest BCUT2D eigenvalue weighted by Gasteiger charge is 2.08. The molecule has 0 aliphatic carbocycles. The SMILES string of the molecule is Fc1ccccc1OCCNc1ccccc1OC(F)F. The Labute approximate surface area is 120 Å². The summed E-state index contributed by atoms with van der Waals surface area (Å²) >= 11 is 0. The first-order valence-electron chi connectivity index (χ1n) is 6.32. The Bertz CT molecular complexity index is 578. The summed E-state index contributed by atoms with van der Waals surface area (Å²) in [5.41, 5.74) is 0.426. The largest absolute Gasteiger partial charge is 0.489 e. The van der Waals surface area contributed by atoms with Crippen LogP contribution in [0.15, 0.2) is 48.5 Å². The molecule has 0 unspecified atom stereocenters. The Morgan fingerprint density at radius 1 is 0.952 bits per heavy atom. The van der Waals surface area contributed by atoms with Gasteiger partial charge in [0.2, 0.25) is 0 Å². The number of para-hydroxylation sites is 3. The quantitative estimate of drug-likeness (QED) is 0.786. The molecule has 0 aromatic heterocycles. The average Bonchev–Trinajstić information content (AvgIpc) is 2.46. The van der Waals surface area contributed by atoms with Gasteiger partial charge in [-0.1, -0.05) is 24.3 Å². The molecule has 2 rings (SSSR count). The van der Waals surface area contributed by atoms with Gasteiger partial charge in [0.05, 0.1) is 5.69 Å². The zero-order valence-corrected chi connectivity index (χ0v) is 11.1. The van der Waals surface area contributed by atoms with E-state index in [0.29, 0.717) is 12.2 Å². The summed E-state index contributed by atoms with van der Waals surface area (Å²) in [4.78, 5) is 0. The molecule has 6 heteroatoms. The van der Waals surface area contributed by atoms with E-state index in [1.165, 1.54) is 18.2 Å². The maximum absolute atomic E-state index is 13.3. The molecule has 2 aromatic carbocycles. The van der Waals surface area contributed by atoms with E-state index in [2.05, 4.69) is 10.1 Å². The normalized spacial score (nSPS) is 10.5. The van der Waals surface area contributed by atoms with Crippen LogP contribution in [0.5, 0.6) is 11.5 Å². The van der Waals surface area contributed by atoms with Crippen molar-refractivity contribution in [2.45, 2.75) is 6.61 Å². The fourth-order valence-corrected chi connectivity index (χ4v) is 1.72. The third-order valence-corrected chi connectivity index (χ3v) is 2.61. The highest BCUT2D eigenvalue weighted by Crippen LogP contribution is 2.25. The first-order chi connectivity index (χ1) is 10.2. The minimum Gasteiger partial charge on any atom is -0.489 e. The van der Waals surface area contributed by atoms with E-state index in [9.17, 15) is 13.2 Å². The van der Waals surface area contributed by atoms with Crippen molar-refractivity contribution in [1.29, 1.82) is 0 Å². The molecule has 0 saturated heterocycles. The first kappa shape index (κ1) is 15.0. The second kappa shape index (κ2) is 7.42. The summed E-state index contributed by atoms with van der Waals surface area (Å²) in [5.74, 6) is -0.242. The van der Waals surface area contributed by atoms with Crippen LogP contribution >= 0.6 is 0 Å². The number of benzene rings is 2. The Morgan fingerprint density at radius 2 is 1.62 bits per heavy atom. The van der Waals surface area contributed by atoms with Gasteiger partial charge >= 0.3 is 6.61 Å². The summed E-state index contributed by atoms with van der Waals surface area (Å²) in [6, 6.07) is 12.4. The second-order valence-electron chi connectivity index (χ2n) is 4.08. The Kier molecular flexibility index (Phi) is 5.31. The molecule has 112 valence electrons. The first-order valence-corrected chi connectivity index (χ1v) is 6.32. The van der Waals surface area contributed by atoms with Crippen molar-refractivity contribution in [3.05, 3.63) is 54.3 Å². The Morgan fingerprint density at radius 3 is 2.33 bits per heavy atom. The molecule has 0 spiro atoms. The molecule has 3 nitrogen and oxygen atoms in total. The van der Waals surface area contributed by atoms with Crippen LogP contribution < -0.4 is 14.8 Å². The second-order valence-corrected chi connectivity index (χ2v) is 4.08. The molecule has 0 aliphatic rings. The van der Waals surface area contributed by atoms with Gasteiger partial charge < -0.3 is 14.8 Å². The molecule has 0 amide bonds. The number of hydrogen-bond donors (Lipinski definition) is 1. The average molecular weight is 297 g/mol. The van der Waals surface area contributed by atoms with Crippen LogP contribution in [0.4, 0.5) is 18.9 Å². The van der Waals surface area contributed by atoms with Gasteiger partial charge in [0.15, 0.2) is 11.6 Å². The molecule has 0 atom stereocenters. The van der Waals surface area contributed by atoms with E-state index in [0.717, 1.165) is 0 Å². The predicted molar refractivity (Wildman–Crippen MR) is 73.5 cm³/mol. The van der Waals surface area contributed by atoms with Crippen LogP contribution in [0.2, 0.25) is 0 Å². The molecule has 1 N–H and O–H groups in total. The van der Waals surface area contributed by atoms with Gasteiger partial charge in [-0.3, -0.25) is 0 Å². The number of alkyl halides is 2. The minimum absolute atomic E-state index is 0.0541. The van der Waals surface area contributed by atoms with E-state index in [-0.39, 0.29) is 18.1 Å². The van der Waals surface area contributed by atoms with E-state index in [4.69, 9.17) is 4.74 Å². The smallest absolute Gasteiger partial charge is 0.387 e. The van der Waals surface area contributed by atoms with Crippen LogP contribution in [-0.2, 0) is 0 Å². The van der Waals surface area contributed by atoms with Gasteiger partial charge in [-0.15, -0.1) is 0 Å². The van der Waals surface area contributed by atoms with Crippen molar-refractivity contribution in [1.82, 2.24) is 0 Å². The zero-order valence-electron chi connectivity index (χ0n) is 11.1. The van der Waals surface area contributed by atoms with E-state index in [1.807, 2.05) is 0 Å². The summed E-state index contributed by atoms with van der Waals surface area (Å²) in [6.07, 6.45) is 0. The lowest BCUT2D eigenvalue weighted by Crippen LogP contribution is -2.13. The van der Waals surface area contributed by atoms with Crippen LogP contribution in [-0.4, -0.2) is 19.8 Å². The highest BCUT2D eigenvalue weighted by molar-refractivity contribution is 5.56. The van der Waals surface area contributed by atoms with Crippen molar-refractivity contribution >= 4 is 5.69 Å². The lowest BCUT2D eigenvalue weighted by molar-refractivity contribution is -0.0493. The number of hydrogen-bond acceptors (Lipinski definition) is 3. The maximum Gasteiger partial charge on any atom is 0.387 e. The molecule has 0 fully saturated rings. The van der Waals surface area contributed by atoms with Gasteiger partial charge in [-0.2, -0.15) is 8.78 Å². The van der Waals surface area contributed by atoms with E-state index < -0.39 is 12.4 Å². The van der Waals surface area contributed by atoms with Crippen LogP contribution in [0.25, 0.3) is 0 Å². The number of nitrogens with one attached hydrogen (secondary N) is 1. The van der Waals surface area contributed by atoms with Gasteiger partial charge in [0.25, 0.3) is 0 Å². The minimum atomic E-state index is -2.89. The molecule has 0 heterocycles. The van der Waals surface area contributed by atoms with Crippen molar-refractivity contribution in [2.75, 3.05) is 18.5 Å². The molecule has 0 radical (unpaired) electrons. The van der Waals surface area contributed by atoms with Crippen molar-refractivity contribution in [2.24, 2.45) is 0 Å². The third kappa shape index (κ3) is 4.59. The standard InChI is InChI=1S/C15H14F3NO2/c16-11-5-1-3-7-13(11)20-10-9-19-12-6-2-4-8-14(12)21-15(17)18/h1-8,15,19H,9-10H2. The van der Waals surface area contributed by atoms with Crippen molar-refractivity contribution in [3.63, 3.8) is 0 Å². The maximum atomic E-state index is 13.3. The lowest BCUT2D eigenvalue weighted by atomic mass is 10.3.